The van der Waals surface area contributed by atoms with Crippen molar-refractivity contribution in [3.05, 3.63) is 33.4 Å². The van der Waals surface area contributed by atoms with Crippen LogP contribution in [0.25, 0.3) is 0 Å². The fourth-order valence-corrected chi connectivity index (χ4v) is 2.14. The van der Waals surface area contributed by atoms with Crippen molar-refractivity contribution in [3.8, 4) is 0 Å². The molecule has 106 valence electrons. The third-order valence-corrected chi connectivity index (χ3v) is 3.48. The van der Waals surface area contributed by atoms with Gasteiger partial charge in [0, 0.05) is 15.2 Å². The lowest BCUT2D eigenvalue weighted by Crippen LogP contribution is -2.49. The molecule has 1 aromatic carbocycles. The summed E-state index contributed by atoms with van der Waals surface area (Å²) in [6.07, 6.45) is 0. The van der Waals surface area contributed by atoms with Gasteiger partial charge in [-0.1, -0.05) is 12.1 Å². The van der Waals surface area contributed by atoms with E-state index in [-0.39, 0.29) is 23.5 Å². The Bertz CT molecular complexity index is 423. The maximum absolute atomic E-state index is 12.0. The molecular formula is C15H23IN2O. The zero-order valence-electron chi connectivity index (χ0n) is 12.3. The Balaban J connectivity index is 2.59. The molecule has 0 bridgehead atoms. The summed E-state index contributed by atoms with van der Waals surface area (Å²) >= 11 is 2.29. The Kier molecular flexibility index (Phi) is 5.80. The topological polar surface area (TPSA) is 41.1 Å². The molecule has 19 heavy (non-hydrogen) atoms. The molecule has 4 heteroatoms. The normalized spacial score (nSPS) is 14.8. The van der Waals surface area contributed by atoms with Crippen LogP contribution in [0.2, 0.25) is 0 Å². The predicted molar refractivity (Wildman–Crippen MR) is 88.1 cm³/mol. The molecule has 1 amide bonds. The summed E-state index contributed by atoms with van der Waals surface area (Å²) in [5, 5.41) is 6.31. The fraction of sp³-hybridized carbons (Fsp3) is 0.533. The summed E-state index contributed by atoms with van der Waals surface area (Å²) in [7, 11) is 0. The van der Waals surface area contributed by atoms with Crippen LogP contribution >= 0.6 is 22.6 Å². The van der Waals surface area contributed by atoms with Crippen LogP contribution in [0.15, 0.2) is 24.3 Å². The van der Waals surface area contributed by atoms with Gasteiger partial charge in [-0.25, -0.2) is 0 Å². The average molecular weight is 374 g/mol. The Morgan fingerprint density at radius 2 is 1.68 bits per heavy atom. The molecule has 0 aliphatic carbocycles. The monoisotopic (exact) mass is 374 g/mol. The van der Waals surface area contributed by atoms with Gasteiger partial charge >= 0.3 is 0 Å². The van der Waals surface area contributed by atoms with E-state index in [4.69, 9.17) is 0 Å². The third kappa shape index (κ3) is 5.91. The molecule has 0 radical (unpaired) electrons. The van der Waals surface area contributed by atoms with Crippen molar-refractivity contribution in [1.29, 1.82) is 0 Å². The smallest absolute Gasteiger partial charge is 0.237 e. The summed E-state index contributed by atoms with van der Waals surface area (Å²) < 4.78 is 1.21. The Labute approximate surface area is 129 Å². The van der Waals surface area contributed by atoms with Crippen LogP contribution < -0.4 is 10.6 Å². The van der Waals surface area contributed by atoms with Gasteiger partial charge in [-0.05, 0) is 74.9 Å². The molecule has 0 fully saturated rings. The third-order valence-electron chi connectivity index (χ3n) is 2.76. The van der Waals surface area contributed by atoms with Crippen LogP contribution in [0.4, 0.5) is 0 Å². The number of hydrogen-bond donors (Lipinski definition) is 2. The summed E-state index contributed by atoms with van der Waals surface area (Å²) in [5.41, 5.74) is 0.995. The standard InChI is InChI=1S/C15H23IN2O/c1-10(12-6-8-13(16)9-7-12)17-11(2)14(19)18-15(3,4)5/h6-11,17H,1-5H3,(H,18,19). The van der Waals surface area contributed by atoms with Gasteiger partial charge < -0.3 is 5.32 Å². The molecule has 2 N–H and O–H groups in total. The zero-order valence-corrected chi connectivity index (χ0v) is 14.4. The van der Waals surface area contributed by atoms with Crippen molar-refractivity contribution in [2.75, 3.05) is 0 Å². The highest BCUT2D eigenvalue weighted by molar-refractivity contribution is 14.1. The summed E-state index contributed by atoms with van der Waals surface area (Å²) in [4.78, 5) is 12.0. The average Bonchev–Trinajstić information content (AvgIpc) is 2.27. The van der Waals surface area contributed by atoms with Gasteiger partial charge in [0.2, 0.25) is 5.91 Å². The highest BCUT2D eigenvalue weighted by atomic mass is 127. The van der Waals surface area contributed by atoms with Crippen molar-refractivity contribution in [3.63, 3.8) is 0 Å². The lowest BCUT2D eigenvalue weighted by molar-refractivity contribution is -0.124. The lowest BCUT2D eigenvalue weighted by Gasteiger charge is -2.25. The molecule has 0 saturated heterocycles. The number of hydrogen-bond acceptors (Lipinski definition) is 2. The summed E-state index contributed by atoms with van der Waals surface area (Å²) in [6, 6.07) is 8.27. The van der Waals surface area contributed by atoms with E-state index in [2.05, 4.69) is 64.4 Å². The molecule has 2 atom stereocenters. The van der Waals surface area contributed by atoms with Gasteiger partial charge in [0.05, 0.1) is 6.04 Å². The summed E-state index contributed by atoms with van der Waals surface area (Å²) in [6.45, 7) is 9.92. The second-order valence-electron chi connectivity index (χ2n) is 5.90. The highest BCUT2D eigenvalue weighted by Crippen LogP contribution is 2.15. The maximum atomic E-state index is 12.0. The van der Waals surface area contributed by atoms with E-state index in [9.17, 15) is 4.79 Å². The molecule has 1 aromatic rings. The molecule has 0 aliphatic rings. The molecule has 3 nitrogen and oxygen atoms in total. The lowest BCUT2D eigenvalue weighted by atomic mass is 10.1. The number of benzene rings is 1. The Morgan fingerprint density at radius 1 is 1.16 bits per heavy atom. The first kappa shape index (κ1) is 16.4. The van der Waals surface area contributed by atoms with Gasteiger partial charge in [0.15, 0.2) is 0 Å². The largest absolute Gasteiger partial charge is 0.350 e. The Morgan fingerprint density at radius 3 is 2.16 bits per heavy atom. The van der Waals surface area contributed by atoms with Gasteiger partial charge in [-0.15, -0.1) is 0 Å². The second-order valence-corrected chi connectivity index (χ2v) is 7.15. The SMILES string of the molecule is CC(NC(C)c1ccc(I)cc1)C(=O)NC(C)(C)C. The van der Waals surface area contributed by atoms with Crippen LogP contribution in [-0.2, 0) is 4.79 Å². The van der Waals surface area contributed by atoms with Crippen molar-refractivity contribution in [2.45, 2.75) is 52.2 Å². The van der Waals surface area contributed by atoms with Crippen molar-refractivity contribution in [1.82, 2.24) is 10.6 Å². The van der Waals surface area contributed by atoms with E-state index >= 15 is 0 Å². The van der Waals surface area contributed by atoms with Gasteiger partial charge in [-0.2, -0.15) is 0 Å². The molecule has 0 heterocycles. The van der Waals surface area contributed by atoms with Crippen LogP contribution in [0.5, 0.6) is 0 Å². The van der Waals surface area contributed by atoms with E-state index in [1.165, 1.54) is 9.13 Å². The van der Waals surface area contributed by atoms with Crippen molar-refractivity contribution >= 4 is 28.5 Å². The minimum absolute atomic E-state index is 0.0323. The van der Waals surface area contributed by atoms with Crippen molar-refractivity contribution < 1.29 is 4.79 Å². The molecule has 0 aliphatic heterocycles. The van der Waals surface area contributed by atoms with Crippen molar-refractivity contribution in [2.24, 2.45) is 0 Å². The number of rotatable bonds is 4. The quantitative estimate of drug-likeness (QED) is 0.795. The van der Waals surface area contributed by atoms with Crippen LogP contribution in [0.1, 0.15) is 46.2 Å². The maximum Gasteiger partial charge on any atom is 0.237 e. The van der Waals surface area contributed by atoms with E-state index < -0.39 is 0 Å². The predicted octanol–water partition coefficient (Wildman–Crippen LogP) is 3.25. The second kappa shape index (κ2) is 6.70. The molecule has 0 saturated carbocycles. The minimum Gasteiger partial charge on any atom is -0.350 e. The highest BCUT2D eigenvalue weighted by Gasteiger charge is 2.20. The molecule has 0 spiro atoms. The van der Waals surface area contributed by atoms with Crippen LogP contribution in [-0.4, -0.2) is 17.5 Å². The van der Waals surface area contributed by atoms with E-state index in [1.807, 2.05) is 27.7 Å². The van der Waals surface area contributed by atoms with Crippen LogP contribution in [0.3, 0.4) is 0 Å². The van der Waals surface area contributed by atoms with Gasteiger partial charge in [0.1, 0.15) is 0 Å². The minimum atomic E-state index is -0.214. The number of nitrogens with one attached hydrogen (secondary N) is 2. The van der Waals surface area contributed by atoms with Gasteiger partial charge in [-0.3, -0.25) is 10.1 Å². The zero-order chi connectivity index (χ0) is 14.6. The number of carbonyl (C=O) groups excluding carboxylic acids is 1. The number of carbonyl (C=O) groups is 1. The number of amides is 1. The molecular weight excluding hydrogens is 351 g/mol. The molecule has 0 aromatic heterocycles. The first-order valence-electron chi connectivity index (χ1n) is 6.52. The first-order valence-corrected chi connectivity index (χ1v) is 7.60. The summed E-state index contributed by atoms with van der Waals surface area (Å²) in [5.74, 6) is 0.0323. The van der Waals surface area contributed by atoms with Gasteiger partial charge in [0.25, 0.3) is 0 Å². The van der Waals surface area contributed by atoms with E-state index in [1.54, 1.807) is 0 Å². The first-order chi connectivity index (χ1) is 8.69. The molecule has 2 unspecified atom stereocenters. The van der Waals surface area contributed by atoms with Crippen LogP contribution in [0, 0.1) is 3.57 Å². The molecule has 1 rings (SSSR count). The Hall–Kier alpha value is -0.620. The number of halogens is 1. The van der Waals surface area contributed by atoms with E-state index in [0.29, 0.717) is 0 Å². The van der Waals surface area contributed by atoms with E-state index in [0.717, 1.165) is 0 Å². The fourth-order valence-electron chi connectivity index (χ4n) is 1.78.